The van der Waals surface area contributed by atoms with E-state index >= 15 is 0 Å². The summed E-state index contributed by atoms with van der Waals surface area (Å²) in [6.45, 7) is 4.76. The molecular weight excluding hydrogens is 444 g/mol. The van der Waals surface area contributed by atoms with Crippen LogP contribution in [0, 0.1) is 0 Å². The molecule has 7 heteroatoms. The number of piperidine rings is 1. The number of hydrogen-bond donors (Lipinski definition) is 0. The maximum absolute atomic E-state index is 11.8. The fourth-order valence-corrected chi connectivity index (χ4v) is 4.73. The third kappa shape index (κ3) is 5.95. The normalized spacial score (nSPS) is 16.1. The molecule has 0 radical (unpaired) electrons. The molecule has 0 amide bonds. The number of hydrogen-bond acceptors (Lipinski definition) is 6. The molecule has 4 rings (SSSR count). The molecule has 2 aromatic carbocycles. The number of carbonyl (C=O) groups excluding carboxylic acids is 1. The molecule has 1 aliphatic rings. The Balaban J connectivity index is 1.35. The number of rotatable bonds is 8. The number of ether oxygens (including phenoxy) is 2. The van der Waals surface area contributed by atoms with E-state index in [0.717, 1.165) is 54.3 Å². The van der Waals surface area contributed by atoms with Crippen molar-refractivity contribution in [3.63, 3.8) is 0 Å². The Bertz CT molecular complexity index is 1000. The van der Waals surface area contributed by atoms with Gasteiger partial charge in [-0.3, -0.25) is 4.90 Å². The van der Waals surface area contributed by atoms with Crippen LogP contribution in [0.25, 0.3) is 0 Å². The van der Waals surface area contributed by atoms with Gasteiger partial charge in [0.2, 0.25) is 5.01 Å². The van der Waals surface area contributed by atoms with Gasteiger partial charge >= 0.3 is 5.97 Å². The third-order valence-electron chi connectivity index (χ3n) is 5.53. The summed E-state index contributed by atoms with van der Waals surface area (Å²) < 4.78 is 11.7. The van der Waals surface area contributed by atoms with Gasteiger partial charge in [0.05, 0.1) is 18.4 Å². The van der Waals surface area contributed by atoms with Gasteiger partial charge in [-0.1, -0.05) is 54.1 Å². The Labute approximate surface area is 198 Å². The second kappa shape index (κ2) is 11.1. The predicted octanol–water partition coefficient (Wildman–Crippen LogP) is 5.74. The second-order valence-electron chi connectivity index (χ2n) is 7.82. The van der Waals surface area contributed by atoms with Crippen molar-refractivity contribution in [2.24, 2.45) is 0 Å². The number of nitrogens with zero attached hydrogens (tertiary/aromatic N) is 2. The van der Waals surface area contributed by atoms with Gasteiger partial charge in [-0.05, 0) is 43.0 Å². The van der Waals surface area contributed by atoms with Gasteiger partial charge in [-0.15, -0.1) is 11.3 Å². The smallest absolute Gasteiger partial charge is 0.367 e. The van der Waals surface area contributed by atoms with Gasteiger partial charge in [-0.25, -0.2) is 9.78 Å². The van der Waals surface area contributed by atoms with Crippen LogP contribution in [-0.2, 0) is 16.0 Å². The van der Waals surface area contributed by atoms with Gasteiger partial charge in [0.1, 0.15) is 6.10 Å². The minimum atomic E-state index is -0.343. The maximum atomic E-state index is 11.8. The molecule has 1 saturated heterocycles. The summed E-state index contributed by atoms with van der Waals surface area (Å²) in [7, 11) is 0. The van der Waals surface area contributed by atoms with Crippen LogP contribution in [0.4, 0.5) is 0 Å². The Morgan fingerprint density at radius 1 is 1.12 bits per heavy atom. The average molecular weight is 471 g/mol. The summed E-state index contributed by atoms with van der Waals surface area (Å²) in [5.74, 6) is -0.343. The van der Waals surface area contributed by atoms with Crippen LogP contribution in [0.2, 0.25) is 5.02 Å². The molecule has 1 atom stereocenters. The number of carbonyl (C=O) groups is 1. The van der Waals surface area contributed by atoms with E-state index < -0.39 is 0 Å². The van der Waals surface area contributed by atoms with E-state index in [1.165, 1.54) is 11.3 Å². The first kappa shape index (κ1) is 22.9. The molecule has 3 aromatic rings. The third-order valence-corrected chi connectivity index (χ3v) is 6.65. The number of aromatic nitrogens is 1. The number of thiazole rings is 1. The standard InChI is InChI=1S/C25H27ClN2O3S/c1-2-30-25(29)24-27-21(17-32-24)16-28-14-12-22(13-15-28)31-23(18-6-4-3-5-7-18)19-8-10-20(26)11-9-19/h3-11,17,22-23H,2,12-16H2,1H3. The Hall–Kier alpha value is -2.25. The van der Waals surface area contributed by atoms with Crippen LogP contribution >= 0.6 is 22.9 Å². The van der Waals surface area contributed by atoms with E-state index in [-0.39, 0.29) is 18.2 Å². The molecule has 1 aliphatic heterocycles. The fourth-order valence-electron chi connectivity index (χ4n) is 3.91. The topological polar surface area (TPSA) is 51.7 Å². The van der Waals surface area contributed by atoms with Gasteiger partial charge < -0.3 is 9.47 Å². The highest BCUT2D eigenvalue weighted by atomic mass is 35.5. The molecule has 0 saturated carbocycles. The van der Waals surface area contributed by atoms with Crippen molar-refractivity contribution in [2.75, 3.05) is 19.7 Å². The van der Waals surface area contributed by atoms with Crippen LogP contribution in [0.5, 0.6) is 0 Å². The molecule has 1 fully saturated rings. The molecule has 5 nitrogen and oxygen atoms in total. The van der Waals surface area contributed by atoms with Crippen LogP contribution < -0.4 is 0 Å². The van der Waals surface area contributed by atoms with E-state index in [2.05, 4.69) is 22.0 Å². The average Bonchev–Trinajstić information content (AvgIpc) is 3.29. The SMILES string of the molecule is CCOC(=O)c1nc(CN2CCC(OC(c3ccccc3)c3ccc(Cl)cc3)CC2)cs1. The highest BCUT2D eigenvalue weighted by Crippen LogP contribution is 2.31. The lowest BCUT2D eigenvalue weighted by Crippen LogP contribution is -2.37. The molecule has 1 aromatic heterocycles. The Morgan fingerprint density at radius 2 is 1.81 bits per heavy atom. The lowest BCUT2D eigenvalue weighted by molar-refractivity contribution is -0.0282. The van der Waals surface area contributed by atoms with Crippen molar-refractivity contribution in [1.82, 2.24) is 9.88 Å². The Morgan fingerprint density at radius 3 is 2.50 bits per heavy atom. The number of benzene rings is 2. The molecular formula is C25H27ClN2O3S. The molecule has 1 unspecified atom stereocenters. The van der Waals surface area contributed by atoms with Crippen LogP contribution in [-0.4, -0.2) is 41.7 Å². The molecule has 32 heavy (non-hydrogen) atoms. The van der Waals surface area contributed by atoms with E-state index in [1.807, 2.05) is 47.8 Å². The van der Waals surface area contributed by atoms with Crippen molar-refractivity contribution in [1.29, 1.82) is 0 Å². The van der Waals surface area contributed by atoms with E-state index in [4.69, 9.17) is 21.1 Å². The number of halogens is 1. The minimum Gasteiger partial charge on any atom is -0.461 e. The first-order valence-corrected chi connectivity index (χ1v) is 12.2. The minimum absolute atomic E-state index is 0.115. The predicted molar refractivity (Wildman–Crippen MR) is 127 cm³/mol. The summed E-state index contributed by atoms with van der Waals surface area (Å²) >= 11 is 7.44. The van der Waals surface area contributed by atoms with Crippen LogP contribution in [0.1, 0.15) is 52.5 Å². The van der Waals surface area contributed by atoms with Crippen LogP contribution in [0.3, 0.4) is 0 Å². The zero-order valence-electron chi connectivity index (χ0n) is 18.1. The first-order valence-electron chi connectivity index (χ1n) is 10.9. The second-order valence-corrected chi connectivity index (χ2v) is 9.11. The van der Waals surface area contributed by atoms with Crippen molar-refractivity contribution >= 4 is 28.9 Å². The maximum Gasteiger partial charge on any atom is 0.367 e. The van der Waals surface area contributed by atoms with Gasteiger partial charge in [-0.2, -0.15) is 0 Å². The summed E-state index contributed by atoms with van der Waals surface area (Å²) in [4.78, 5) is 18.6. The van der Waals surface area contributed by atoms with E-state index in [0.29, 0.717) is 11.6 Å². The summed E-state index contributed by atoms with van der Waals surface area (Å²) in [5.41, 5.74) is 3.17. The molecule has 0 N–H and O–H groups in total. The highest BCUT2D eigenvalue weighted by molar-refractivity contribution is 7.11. The molecule has 0 aliphatic carbocycles. The monoisotopic (exact) mass is 470 g/mol. The molecule has 2 heterocycles. The summed E-state index contributed by atoms with van der Waals surface area (Å²) in [6.07, 6.45) is 1.96. The van der Waals surface area contributed by atoms with Gasteiger partial charge in [0.25, 0.3) is 0 Å². The zero-order chi connectivity index (χ0) is 22.3. The van der Waals surface area contributed by atoms with E-state index in [1.54, 1.807) is 6.92 Å². The van der Waals surface area contributed by atoms with Crippen molar-refractivity contribution in [2.45, 2.75) is 38.5 Å². The quantitative estimate of drug-likeness (QED) is 0.393. The summed E-state index contributed by atoms with van der Waals surface area (Å²) in [6, 6.07) is 18.2. The Kier molecular flexibility index (Phi) is 7.92. The lowest BCUT2D eigenvalue weighted by atomic mass is 10.00. The molecule has 168 valence electrons. The number of likely N-dealkylation sites (tertiary alicyclic amines) is 1. The summed E-state index contributed by atoms with van der Waals surface area (Å²) in [5, 5.41) is 3.09. The van der Waals surface area contributed by atoms with Gasteiger partial charge in [0.15, 0.2) is 0 Å². The van der Waals surface area contributed by atoms with Crippen molar-refractivity contribution < 1.29 is 14.3 Å². The van der Waals surface area contributed by atoms with Crippen LogP contribution in [0.15, 0.2) is 60.0 Å². The molecule has 0 bridgehead atoms. The number of esters is 1. The highest BCUT2D eigenvalue weighted by Gasteiger charge is 2.25. The molecule has 0 spiro atoms. The van der Waals surface area contributed by atoms with Crippen molar-refractivity contribution in [3.05, 3.63) is 86.8 Å². The zero-order valence-corrected chi connectivity index (χ0v) is 19.6. The lowest BCUT2D eigenvalue weighted by Gasteiger charge is -2.34. The largest absolute Gasteiger partial charge is 0.461 e. The fraction of sp³-hybridized carbons (Fsp3) is 0.360. The first-order chi connectivity index (χ1) is 15.6. The van der Waals surface area contributed by atoms with E-state index in [9.17, 15) is 4.79 Å². The van der Waals surface area contributed by atoms with Crippen molar-refractivity contribution in [3.8, 4) is 0 Å². The van der Waals surface area contributed by atoms with Gasteiger partial charge in [0, 0.05) is 30.0 Å².